The lowest BCUT2D eigenvalue weighted by Gasteiger charge is -2.26. The van der Waals surface area contributed by atoms with E-state index in [0.29, 0.717) is 34.4 Å². The molecular weight excluding hydrogens is 506 g/mol. The molecule has 1 aromatic carbocycles. The van der Waals surface area contributed by atoms with Crippen LogP contribution in [0.4, 0.5) is 8.78 Å². The molecule has 40 heavy (non-hydrogen) atoms. The molecule has 2 saturated carbocycles. The third kappa shape index (κ3) is 6.16. The van der Waals surface area contributed by atoms with E-state index in [-0.39, 0.29) is 47.4 Å². The maximum Gasteiger partial charge on any atom is 0.140 e. The van der Waals surface area contributed by atoms with Crippen LogP contribution in [0.5, 0.6) is 0 Å². The first-order valence-corrected chi connectivity index (χ1v) is 15.3. The number of H-pyrrole nitrogens is 2. The SMILES string of the molecule is CCC1CCC(C(=O)Cc2cc[nH]c2-c2cc(F)c(-c3[nH]ccc3CC(=O)C3CCC(CC)CC3)cc2F)CC1. The van der Waals surface area contributed by atoms with Gasteiger partial charge < -0.3 is 9.97 Å². The van der Waals surface area contributed by atoms with Crippen molar-refractivity contribution in [3.8, 4) is 22.5 Å². The molecule has 2 fully saturated rings. The molecule has 0 spiro atoms. The number of hydrogen-bond acceptors (Lipinski definition) is 2. The largest absolute Gasteiger partial charge is 0.361 e. The van der Waals surface area contributed by atoms with E-state index in [1.54, 1.807) is 24.5 Å². The van der Waals surface area contributed by atoms with Crippen LogP contribution in [-0.2, 0) is 22.4 Å². The van der Waals surface area contributed by atoms with Crippen molar-refractivity contribution >= 4 is 11.6 Å². The van der Waals surface area contributed by atoms with E-state index in [1.165, 1.54) is 12.1 Å². The molecule has 4 nitrogen and oxygen atoms in total. The van der Waals surface area contributed by atoms with E-state index in [9.17, 15) is 9.59 Å². The highest BCUT2D eigenvalue weighted by Gasteiger charge is 2.28. The summed E-state index contributed by atoms with van der Waals surface area (Å²) < 4.78 is 31.1. The fourth-order valence-corrected chi connectivity index (χ4v) is 6.98. The van der Waals surface area contributed by atoms with Crippen LogP contribution in [0.3, 0.4) is 0 Å². The Labute approximate surface area is 236 Å². The van der Waals surface area contributed by atoms with Gasteiger partial charge in [0.1, 0.15) is 23.2 Å². The molecule has 0 saturated heterocycles. The van der Waals surface area contributed by atoms with Gasteiger partial charge in [0, 0.05) is 48.2 Å². The number of rotatable bonds is 10. The molecule has 2 aliphatic rings. The average Bonchev–Trinajstić information content (AvgIpc) is 3.63. The Kier molecular flexibility index (Phi) is 9.02. The highest BCUT2D eigenvalue weighted by molar-refractivity contribution is 5.86. The maximum atomic E-state index is 15.5. The normalized spacial score (nSPS) is 23.3. The van der Waals surface area contributed by atoms with Crippen molar-refractivity contribution in [3.63, 3.8) is 0 Å². The van der Waals surface area contributed by atoms with Gasteiger partial charge in [-0.3, -0.25) is 9.59 Å². The van der Waals surface area contributed by atoms with E-state index >= 15 is 8.78 Å². The summed E-state index contributed by atoms with van der Waals surface area (Å²) in [4.78, 5) is 32.2. The van der Waals surface area contributed by atoms with Crippen molar-refractivity contribution in [2.75, 3.05) is 0 Å². The van der Waals surface area contributed by atoms with Crippen molar-refractivity contribution in [1.82, 2.24) is 9.97 Å². The van der Waals surface area contributed by atoms with Gasteiger partial charge in [0.25, 0.3) is 0 Å². The smallest absolute Gasteiger partial charge is 0.140 e. The van der Waals surface area contributed by atoms with Crippen LogP contribution in [0.2, 0.25) is 0 Å². The summed E-state index contributed by atoms with van der Waals surface area (Å²) in [6, 6.07) is 5.99. The maximum absolute atomic E-state index is 15.5. The van der Waals surface area contributed by atoms with Crippen LogP contribution in [0.15, 0.2) is 36.7 Å². The summed E-state index contributed by atoms with van der Waals surface area (Å²) in [7, 11) is 0. The first-order chi connectivity index (χ1) is 19.4. The summed E-state index contributed by atoms with van der Waals surface area (Å²) in [5, 5.41) is 0. The van der Waals surface area contributed by atoms with Crippen molar-refractivity contribution in [2.45, 2.75) is 90.9 Å². The lowest BCUT2D eigenvalue weighted by Crippen LogP contribution is -2.23. The molecule has 2 heterocycles. The monoisotopic (exact) mass is 548 g/mol. The Hall–Kier alpha value is -3.02. The highest BCUT2D eigenvalue weighted by Crippen LogP contribution is 2.36. The summed E-state index contributed by atoms with van der Waals surface area (Å²) in [6.45, 7) is 4.40. The first kappa shape index (κ1) is 28.5. The van der Waals surface area contributed by atoms with Crippen LogP contribution in [0.1, 0.15) is 89.2 Å². The third-order valence-corrected chi connectivity index (χ3v) is 9.75. The second-order valence-corrected chi connectivity index (χ2v) is 12.1. The van der Waals surface area contributed by atoms with E-state index in [4.69, 9.17) is 0 Å². The molecule has 2 aromatic heterocycles. The van der Waals surface area contributed by atoms with Gasteiger partial charge >= 0.3 is 0 Å². The van der Waals surface area contributed by atoms with Crippen LogP contribution in [0, 0.1) is 35.3 Å². The molecule has 0 atom stereocenters. The first-order valence-electron chi connectivity index (χ1n) is 15.3. The predicted molar refractivity (Wildman–Crippen MR) is 155 cm³/mol. The predicted octanol–water partition coefficient (Wildman–Crippen LogP) is 8.61. The van der Waals surface area contributed by atoms with Gasteiger partial charge in [-0.1, -0.05) is 26.7 Å². The van der Waals surface area contributed by atoms with Gasteiger partial charge in [0.15, 0.2) is 0 Å². The van der Waals surface area contributed by atoms with Crippen molar-refractivity contribution in [2.24, 2.45) is 23.7 Å². The van der Waals surface area contributed by atoms with E-state index < -0.39 is 11.6 Å². The van der Waals surface area contributed by atoms with Crippen molar-refractivity contribution in [3.05, 3.63) is 59.4 Å². The molecule has 0 unspecified atom stereocenters. The summed E-state index contributed by atoms with van der Waals surface area (Å²) >= 11 is 0. The van der Waals surface area contributed by atoms with Crippen molar-refractivity contribution < 1.29 is 18.4 Å². The molecule has 214 valence electrons. The Morgan fingerprint density at radius 1 is 0.675 bits per heavy atom. The molecule has 5 rings (SSSR count). The van der Waals surface area contributed by atoms with Gasteiger partial charge in [-0.15, -0.1) is 0 Å². The number of halogens is 2. The van der Waals surface area contributed by atoms with Gasteiger partial charge in [-0.25, -0.2) is 8.78 Å². The number of aromatic nitrogens is 2. The fraction of sp³-hybridized carbons (Fsp3) is 0.529. The van der Waals surface area contributed by atoms with Crippen LogP contribution in [-0.4, -0.2) is 21.5 Å². The number of ketones is 2. The number of hydrogen-bond donors (Lipinski definition) is 2. The van der Waals surface area contributed by atoms with Crippen LogP contribution >= 0.6 is 0 Å². The van der Waals surface area contributed by atoms with Crippen LogP contribution < -0.4 is 0 Å². The van der Waals surface area contributed by atoms with Crippen LogP contribution in [0.25, 0.3) is 22.5 Å². The molecule has 0 bridgehead atoms. The number of Topliss-reactive ketones (excluding diaryl/α,β-unsaturated/α-hetero) is 2. The summed E-state index contributed by atoms with van der Waals surface area (Å²) in [6.07, 6.45) is 14.1. The Balaban J connectivity index is 1.31. The van der Waals surface area contributed by atoms with Crippen molar-refractivity contribution in [1.29, 1.82) is 0 Å². The Morgan fingerprint density at radius 3 is 1.40 bits per heavy atom. The molecule has 0 aliphatic heterocycles. The molecule has 3 aromatic rings. The second kappa shape index (κ2) is 12.7. The van der Waals surface area contributed by atoms with Gasteiger partial charge in [0.2, 0.25) is 0 Å². The molecule has 0 amide bonds. The quantitative estimate of drug-likeness (QED) is 0.266. The highest BCUT2D eigenvalue weighted by atomic mass is 19.1. The minimum atomic E-state index is -0.569. The minimum Gasteiger partial charge on any atom is -0.361 e. The fourth-order valence-electron chi connectivity index (χ4n) is 6.98. The molecule has 6 heteroatoms. The molecule has 0 radical (unpaired) electrons. The molecular formula is C34H42F2N2O2. The number of nitrogens with one attached hydrogen (secondary N) is 2. The number of benzene rings is 1. The molecule has 2 aliphatic carbocycles. The van der Waals surface area contributed by atoms with E-state index in [0.717, 1.165) is 64.2 Å². The number of aromatic amines is 2. The lowest BCUT2D eigenvalue weighted by molar-refractivity contribution is -0.124. The summed E-state index contributed by atoms with van der Waals surface area (Å²) in [5.41, 5.74) is 2.50. The van der Waals surface area contributed by atoms with E-state index in [1.807, 2.05) is 0 Å². The number of carbonyl (C=O) groups is 2. The Morgan fingerprint density at radius 2 is 1.05 bits per heavy atom. The zero-order valence-electron chi connectivity index (χ0n) is 23.8. The van der Waals surface area contributed by atoms with Gasteiger partial charge in [-0.05, 0) is 98.6 Å². The zero-order valence-corrected chi connectivity index (χ0v) is 23.8. The summed E-state index contributed by atoms with van der Waals surface area (Å²) in [5.74, 6) is 0.730. The topological polar surface area (TPSA) is 65.7 Å². The van der Waals surface area contributed by atoms with Gasteiger partial charge in [0.05, 0.1) is 11.4 Å². The lowest BCUT2D eigenvalue weighted by atomic mass is 9.78. The Bertz CT molecular complexity index is 1220. The zero-order chi connectivity index (χ0) is 28.2. The standard InChI is InChI=1S/C34H42F2N2O2/c1-3-21-5-9-23(10-6-21)31(39)17-25-13-15-37-33(25)27-19-30(36)28(20-29(27)35)34-26(14-16-38-34)18-32(40)24-11-7-22(4-2)8-12-24/h13-16,19-24,37-38H,3-12,17-18H2,1-2H3. The minimum absolute atomic E-state index is 0.0465. The van der Waals surface area contributed by atoms with Gasteiger partial charge in [-0.2, -0.15) is 0 Å². The average molecular weight is 549 g/mol. The van der Waals surface area contributed by atoms with E-state index in [2.05, 4.69) is 23.8 Å². The third-order valence-electron chi connectivity index (χ3n) is 9.75. The second-order valence-electron chi connectivity index (χ2n) is 12.1. The number of carbonyl (C=O) groups excluding carboxylic acids is 2. The molecule has 2 N–H and O–H groups in total.